The molecule has 0 aliphatic heterocycles. The van der Waals surface area contributed by atoms with E-state index in [-0.39, 0.29) is 5.56 Å². The number of nitrogens with zero attached hydrogens (tertiary/aromatic N) is 1. The minimum atomic E-state index is -2.98. The molecular formula is C9H10F2N2O3. The average molecular weight is 232 g/mol. The van der Waals surface area contributed by atoms with Gasteiger partial charge in [-0.25, -0.2) is 8.78 Å². The van der Waals surface area contributed by atoms with E-state index in [0.29, 0.717) is 0 Å². The average Bonchev–Trinajstić information content (AvgIpc) is 2.20. The van der Waals surface area contributed by atoms with Crippen molar-refractivity contribution in [1.29, 1.82) is 0 Å². The fourth-order valence-corrected chi connectivity index (χ4v) is 1.32. The predicted octanol–water partition coefficient (Wildman–Crippen LogP) is 1.87. The van der Waals surface area contributed by atoms with Gasteiger partial charge in [-0.1, -0.05) is 0 Å². The van der Waals surface area contributed by atoms with Gasteiger partial charge in [-0.05, 0) is 18.6 Å². The highest BCUT2D eigenvalue weighted by atomic mass is 19.3. The van der Waals surface area contributed by atoms with Crippen LogP contribution in [0.2, 0.25) is 0 Å². The zero-order valence-corrected chi connectivity index (χ0v) is 8.35. The third-order valence-electron chi connectivity index (χ3n) is 2.20. The number of alkyl halides is 2. The van der Waals surface area contributed by atoms with Crippen molar-refractivity contribution in [2.75, 3.05) is 0 Å². The minimum absolute atomic E-state index is 0.261. The number of halogens is 2. The van der Waals surface area contributed by atoms with Gasteiger partial charge in [0.25, 0.3) is 12.1 Å². The Bertz CT molecular complexity index is 423. The summed E-state index contributed by atoms with van der Waals surface area (Å²) in [5, 5.41) is 20.1. The molecule has 0 fully saturated rings. The van der Waals surface area contributed by atoms with E-state index in [2.05, 4.69) is 0 Å². The topological polar surface area (TPSA) is 89.4 Å². The van der Waals surface area contributed by atoms with E-state index in [4.69, 9.17) is 5.73 Å². The second-order valence-corrected chi connectivity index (χ2v) is 3.28. The van der Waals surface area contributed by atoms with Crippen molar-refractivity contribution in [3.8, 4) is 5.75 Å². The Hall–Kier alpha value is -1.76. The first-order valence-corrected chi connectivity index (χ1v) is 4.36. The second-order valence-electron chi connectivity index (χ2n) is 3.28. The second kappa shape index (κ2) is 4.40. The Morgan fingerprint density at radius 1 is 1.50 bits per heavy atom. The van der Waals surface area contributed by atoms with Gasteiger partial charge in [-0.3, -0.25) is 10.1 Å². The summed E-state index contributed by atoms with van der Waals surface area (Å²) < 4.78 is 24.8. The molecule has 1 aromatic rings. The molecule has 16 heavy (non-hydrogen) atoms. The van der Waals surface area contributed by atoms with Crippen LogP contribution in [-0.4, -0.2) is 16.5 Å². The summed E-state index contributed by atoms with van der Waals surface area (Å²) in [6.45, 7) is 1.45. The highest BCUT2D eigenvalue weighted by Gasteiger charge is 2.30. The van der Waals surface area contributed by atoms with Gasteiger partial charge in [-0.2, -0.15) is 0 Å². The molecule has 1 rings (SSSR count). The fraction of sp³-hybridized carbons (Fsp3) is 0.333. The van der Waals surface area contributed by atoms with Crippen LogP contribution in [0.15, 0.2) is 12.1 Å². The van der Waals surface area contributed by atoms with Crippen LogP contribution in [0.1, 0.15) is 17.2 Å². The van der Waals surface area contributed by atoms with Crippen molar-refractivity contribution in [2.45, 2.75) is 19.4 Å². The summed E-state index contributed by atoms with van der Waals surface area (Å²) >= 11 is 0. The van der Waals surface area contributed by atoms with E-state index in [1.807, 2.05) is 0 Å². The minimum Gasteiger partial charge on any atom is -0.507 e. The third-order valence-corrected chi connectivity index (χ3v) is 2.20. The first-order valence-electron chi connectivity index (χ1n) is 4.36. The monoisotopic (exact) mass is 232 g/mol. The molecule has 7 heteroatoms. The van der Waals surface area contributed by atoms with Crippen molar-refractivity contribution in [3.05, 3.63) is 33.4 Å². The summed E-state index contributed by atoms with van der Waals surface area (Å²) in [6.07, 6.45) is -2.98. The van der Waals surface area contributed by atoms with E-state index in [1.165, 1.54) is 13.0 Å². The maximum Gasteiger partial charge on any atom is 0.278 e. The SMILES string of the molecule is Cc1ccc([N+](=O)[O-])c([C@H](N)C(F)F)c1O. The number of nitrogens with two attached hydrogens (primary N) is 1. The van der Waals surface area contributed by atoms with Crippen molar-refractivity contribution in [3.63, 3.8) is 0 Å². The summed E-state index contributed by atoms with van der Waals surface area (Å²) in [5.41, 5.74) is 4.26. The Kier molecular flexibility index (Phi) is 3.38. The number of nitro groups is 1. The molecule has 0 saturated carbocycles. The number of benzene rings is 1. The van der Waals surface area contributed by atoms with Crippen LogP contribution < -0.4 is 5.73 Å². The molecule has 0 aromatic heterocycles. The van der Waals surface area contributed by atoms with E-state index in [0.717, 1.165) is 6.07 Å². The molecule has 0 unspecified atom stereocenters. The van der Waals surface area contributed by atoms with Crippen molar-refractivity contribution >= 4 is 5.69 Å². The first-order chi connectivity index (χ1) is 7.36. The number of phenols is 1. The largest absolute Gasteiger partial charge is 0.507 e. The maximum atomic E-state index is 12.4. The number of rotatable bonds is 3. The molecule has 88 valence electrons. The van der Waals surface area contributed by atoms with Gasteiger partial charge in [0.05, 0.1) is 10.5 Å². The molecule has 1 aromatic carbocycles. The Labute approximate surface area is 89.6 Å². The molecule has 0 heterocycles. The smallest absolute Gasteiger partial charge is 0.278 e. The van der Waals surface area contributed by atoms with Gasteiger partial charge < -0.3 is 10.8 Å². The highest BCUT2D eigenvalue weighted by molar-refractivity contribution is 5.54. The predicted molar refractivity (Wildman–Crippen MR) is 52.4 cm³/mol. The Balaban J connectivity index is 3.43. The third kappa shape index (κ3) is 2.08. The van der Waals surface area contributed by atoms with E-state index < -0.39 is 34.4 Å². The summed E-state index contributed by atoms with van der Waals surface area (Å²) in [5.74, 6) is -0.554. The van der Waals surface area contributed by atoms with Crippen LogP contribution in [-0.2, 0) is 0 Å². The van der Waals surface area contributed by atoms with Crippen LogP contribution in [0.3, 0.4) is 0 Å². The van der Waals surface area contributed by atoms with E-state index >= 15 is 0 Å². The number of aryl methyl sites for hydroxylation is 1. The van der Waals surface area contributed by atoms with Gasteiger partial charge >= 0.3 is 0 Å². The lowest BCUT2D eigenvalue weighted by Gasteiger charge is -2.14. The van der Waals surface area contributed by atoms with Gasteiger partial charge in [-0.15, -0.1) is 0 Å². The number of phenolic OH excluding ortho intramolecular Hbond substituents is 1. The lowest BCUT2D eigenvalue weighted by molar-refractivity contribution is -0.386. The standard InChI is InChI=1S/C9H10F2N2O3/c1-4-2-3-5(13(15)16)6(8(4)14)7(12)9(10)11/h2-3,7,9,14H,12H2,1H3/t7-/m0/s1. The molecular weight excluding hydrogens is 222 g/mol. The lowest BCUT2D eigenvalue weighted by Crippen LogP contribution is -2.20. The van der Waals surface area contributed by atoms with Crippen LogP contribution in [0.4, 0.5) is 14.5 Å². The summed E-state index contributed by atoms with van der Waals surface area (Å²) in [4.78, 5) is 9.76. The van der Waals surface area contributed by atoms with Crippen LogP contribution in [0, 0.1) is 17.0 Å². The number of nitro benzene ring substituents is 1. The van der Waals surface area contributed by atoms with Crippen LogP contribution in [0.25, 0.3) is 0 Å². The van der Waals surface area contributed by atoms with Crippen molar-refractivity contribution in [2.24, 2.45) is 5.73 Å². The molecule has 0 aliphatic carbocycles. The van der Waals surface area contributed by atoms with E-state index in [9.17, 15) is 24.0 Å². The first kappa shape index (κ1) is 12.3. The number of hydrogen-bond donors (Lipinski definition) is 2. The van der Waals surface area contributed by atoms with Gasteiger partial charge in [0, 0.05) is 6.07 Å². The van der Waals surface area contributed by atoms with Gasteiger partial charge in [0.1, 0.15) is 11.8 Å². The lowest BCUT2D eigenvalue weighted by atomic mass is 10.0. The Morgan fingerprint density at radius 3 is 2.50 bits per heavy atom. The maximum absolute atomic E-state index is 12.4. The molecule has 0 bridgehead atoms. The van der Waals surface area contributed by atoms with Crippen LogP contribution >= 0.6 is 0 Å². The molecule has 0 radical (unpaired) electrons. The zero-order chi connectivity index (χ0) is 12.5. The van der Waals surface area contributed by atoms with Crippen molar-refractivity contribution in [1.82, 2.24) is 0 Å². The van der Waals surface area contributed by atoms with Crippen LogP contribution in [0.5, 0.6) is 5.75 Å². The zero-order valence-electron chi connectivity index (χ0n) is 8.35. The summed E-state index contributed by atoms with van der Waals surface area (Å²) in [6, 6.07) is 0.446. The molecule has 0 amide bonds. The van der Waals surface area contributed by atoms with Crippen molar-refractivity contribution < 1.29 is 18.8 Å². The fourth-order valence-electron chi connectivity index (χ4n) is 1.32. The molecule has 5 nitrogen and oxygen atoms in total. The normalized spacial score (nSPS) is 12.8. The quantitative estimate of drug-likeness (QED) is 0.615. The molecule has 0 aliphatic rings. The molecule has 1 atom stereocenters. The highest BCUT2D eigenvalue weighted by Crippen LogP contribution is 2.36. The summed E-state index contributed by atoms with van der Waals surface area (Å²) in [7, 11) is 0. The Morgan fingerprint density at radius 2 is 2.06 bits per heavy atom. The molecule has 3 N–H and O–H groups in total. The van der Waals surface area contributed by atoms with E-state index in [1.54, 1.807) is 0 Å². The molecule has 0 spiro atoms. The van der Waals surface area contributed by atoms with Gasteiger partial charge in [0.2, 0.25) is 0 Å². The van der Waals surface area contributed by atoms with Gasteiger partial charge in [0.15, 0.2) is 0 Å². The number of hydrogen-bond acceptors (Lipinski definition) is 4. The molecule has 0 saturated heterocycles. The number of aromatic hydroxyl groups is 1.